The molecule has 2 rings (SSSR count). The van der Waals surface area contributed by atoms with Gasteiger partial charge in [0, 0.05) is 25.4 Å². The number of Topliss-reactive ketones (excluding diaryl/α,β-unsaturated/α-hetero) is 1. The third-order valence-corrected chi connectivity index (χ3v) is 3.49. The van der Waals surface area contributed by atoms with Crippen LogP contribution in [0.2, 0.25) is 0 Å². The van der Waals surface area contributed by atoms with Gasteiger partial charge >= 0.3 is 0 Å². The number of rotatable bonds is 6. The molecule has 94 valence electrons. The minimum absolute atomic E-state index is 0.317. The third-order valence-electron chi connectivity index (χ3n) is 3.49. The van der Waals surface area contributed by atoms with Crippen molar-refractivity contribution >= 4 is 5.78 Å². The van der Waals surface area contributed by atoms with Crippen molar-refractivity contribution in [2.45, 2.75) is 39.2 Å². The van der Waals surface area contributed by atoms with E-state index >= 15 is 0 Å². The maximum Gasteiger partial charge on any atom is 0.140 e. The Kier molecular flexibility index (Phi) is 4.31. The summed E-state index contributed by atoms with van der Waals surface area (Å²) < 4.78 is 2.04. The Morgan fingerprint density at radius 2 is 2.53 bits per heavy atom. The monoisotopic (exact) mass is 235 g/mol. The highest BCUT2D eigenvalue weighted by molar-refractivity contribution is 5.80. The van der Waals surface area contributed by atoms with E-state index in [1.54, 1.807) is 6.20 Å². The van der Waals surface area contributed by atoms with Gasteiger partial charge in [0.25, 0.3) is 0 Å². The standard InChI is InChI=1S/C13H21N3O/c1-2-16-8-7-15-13(16)9-12(17)4-3-11-5-6-14-10-11/h7-8,11,14H,2-6,9-10H2,1H3. The van der Waals surface area contributed by atoms with Crippen molar-refractivity contribution in [2.75, 3.05) is 13.1 Å². The molecule has 1 aromatic rings. The zero-order chi connectivity index (χ0) is 12.1. The lowest BCUT2D eigenvalue weighted by Crippen LogP contribution is -2.13. The summed E-state index contributed by atoms with van der Waals surface area (Å²) in [5.41, 5.74) is 0. The maximum absolute atomic E-state index is 11.9. The highest BCUT2D eigenvalue weighted by atomic mass is 16.1. The van der Waals surface area contributed by atoms with Gasteiger partial charge < -0.3 is 9.88 Å². The Balaban J connectivity index is 1.76. The highest BCUT2D eigenvalue weighted by Gasteiger charge is 2.16. The summed E-state index contributed by atoms with van der Waals surface area (Å²) in [7, 11) is 0. The molecule has 1 aliphatic heterocycles. The fraction of sp³-hybridized carbons (Fsp3) is 0.692. The Morgan fingerprint density at radius 1 is 1.65 bits per heavy atom. The number of aromatic nitrogens is 2. The Hall–Kier alpha value is -1.16. The fourth-order valence-corrected chi connectivity index (χ4v) is 2.39. The molecule has 1 unspecified atom stereocenters. The highest BCUT2D eigenvalue weighted by Crippen LogP contribution is 2.15. The molecule has 1 aliphatic rings. The number of hydrogen-bond donors (Lipinski definition) is 1. The number of aryl methyl sites for hydroxylation is 1. The van der Waals surface area contributed by atoms with Gasteiger partial charge in [0.05, 0.1) is 6.42 Å². The molecule has 0 aliphatic carbocycles. The topological polar surface area (TPSA) is 46.9 Å². The normalized spacial score (nSPS) is 19.7. The van der Waals surface area contributed by atoms with Crippen LogP contribution in [-0.4, -0.2) is 28.4 Å². The van der Waals surface area contributed by atoms with Crippen LogP contribution in [0.15, 0.2) is 12.4 Å². The molecule has 0 aromatic carbocycles. The first kappa shape index (κ1) is 12.3. The van der Waals surface area contributed by atoms with Crippen LogP contribution in [0.4, 0.5) is 0 Å². The number of hydrogen-bond acceptors (Lipinski definition) is 3. The van der Waals surface area contributed by atoms with Crippen molar-refractivity contribution in [3.8, 4) is 0 Å². The molecule has 2 heterocycles. The number of ketones is 1. The maximum atomic E-state index is 11.9. The summed E-state index contributed by atoms with van der Waals surface area (Å²) in [6.07, 6.45) is 7.13. The van der Waals surface area contributed by atoms with Gasteiger partial charge in [-0.15, -0.1) is 0 Å². The van der Waals surface area contributed by atoms with Gasteiger partial charge in [-0.05, 0) is 38.8 Å². The number of carbonyl (C=O) groups excluding carboxylic acids is 1. The largest absolute Gasteiger partial charge is 0.335 e. The Labute approximate surface area is 102 Å². The zero-order valence-electron chi connectivity index (χ0n) is 10.5. The first-order chi connectivity index (χ1) is 8.29. The van der Waals surface area contributed by atoms with Gasteiger partial charge in [-0.25, -0.2) is 4.98 Å². The molecule has 1 fully saturated rings. The lowest BCUT2D eigenvalue weighted by atomic mass is 10.00. The third kappa shape index (κ3) is 3.40. The summed E-state index contributed by atoms with van der Waals surface area (Å²) in [4.78, 5) is 16.1. The number of carbonyl (C=O) groups is 1. The van der Waals surface area contributed by atoms with Crippen LogP contribution < -0.4 is 5.32 Å². The van der Waals surface area contributed by atoms with Gasteiger partial charge in [0.15, 0.2) is 0 Å². The van der Waals surface area contributed by atoms with E-state index in [0.717, 1.165) is 31.9 Å². The quantitative estimate of drug-likeness (QED) is 0.811. The second kappa shape index (κ2) is 5.96. The second-order valence-corrected chi connectivity index (χ2v) is 4.74. The molecular weight excluding hydrogens is 214 g/mol. The van der Waals surface area contributed by atoms with E-state index in [9.17, 15) is 4.79 Å². The molecule has 1 atom stereocenters. The van der Waals surface area contributed by atoms with E-state index in [1.165, 1.54) is 6.42 Å². The van der Waals surface area contributed by atoms with Crippen LogP contribution in [0, 0.1) is 5.92 Å². The van der Waals surface area contributed by atoms with Crippen molar-refractivity contribution < 1.29 is 4.79 Å². The second-order valence-electron chi connectivity index (χ2n) is 4.74. The molecular formula is C13H21N3O. The predicted molar refractivity (Wildman–Crippen MR) is 66.8 cm³/mol. The van der Waals surface area contributed by atoms with Crippen molar-refractivity contribution in [1.29, 1.82) is 0 Å². The van der Waals surface area contributed by atoms with Crippen LogP contribution >= 0.6 is 0 Å². The molecule has 1 saturated heterocycles. The van der Waals surface area contributed by atoms with E-state index < -0.39 is 0 Å². The lowest BCUT2D eigenvalue weighted by molar-refractivity contribution is -0.118. The lowest BCUT2D eigenvalue weighted by Gasteiger charge is -2.07. The smallest absolute Gasteiger partial charge is 0.140 e. The van der Waals surface area contributed by atoms with Gasteiger partial charge in [-0.3, -0.25) is 4.79 Å². The van der Waals surface area contributed by atoms with Gasteiger partial charge in [0.1, 0.15) is 11.6 Å². The van der Waals surface area contributed by atoms with Crippen LogP contribution in [-0.2, 0) is 17.8 Å². The minimum atomic E-state index is 0.317. The SMILES string of the molecule is CCn1ccnc1CC(=O)CCC1CCNC1. The average Bonchev–Trinajstić information content (AvgIpc) is 2.97. The van der Waals surface area contributed by atoms with E-state index in [4.69, 9.17) is 0 Å². The first-order valence-electron chi connectivity index (χ1n) is 6.52. The molecule has 1 aromatic heterocycles. The summed E-state index contributed by atoms with van der Waals surface area (Å²) in [5, 5.41) is 3.33. The van der Waals surface area contributed by atoms with E-state index in [2.05, 4.69) is 17.2 Å². The van der Waals surface area contributed by atoms with Gasteiger partial charge in [-0.2, -0.15) is 0 Å². The van der Waals surface area contributed by atoms with Gasteiger partial charge in [-0.1, -0.05) is 0 Å². The molecule has 0 radical (unpaired) electrons. The molecule has 1 N–H and O–H groups in total. The summed E-state index contributed by atoms with van der Waals surface area (Å²) >= 11 is 0. The predicted octanol–water partition coefficient (Wildman–Crippen LogP) is 1.40. The molecule has 0 saturated carbocycles. The van der Waals surface area contributed by atoms with E-state index in [1.807, 2.05) is 10.8 Å². The van der Waals surface area contributed by atoms with Crippen molar-refractivity contribution in [3.63, 3.8) is 0 Å². The molecule has 0 bridgehead atoms. The zero-order valence-corrected chi connectivity index (χ0v) is 10.5. The molecule has 4 nitrogen and oxygen atoms in total. The Bertz CT molecular complexity index is 366. The first-order valence-corrected chi connectivity index (χ1v) is 6.52. The fourth-order valence-electron chi connectivity index (χ4n) is 2.39. The molecule has 0 amide bonds. The number of imidazole rings is 1. The Morgan fingerprint density at radius 3 is 3.24 bits per heavy atom. The molecule has 0 spiro atoms. The van der Waals surface area contributed by atoms with Crippen LogP contribution in [0.1, 0.15) is 32.0 Å². The van der Waals surface area contributed by atoms with E-state index in [0.29, 0.717) is 24.5 Å². The van der Waals surface area contributed by atoms with Gasteiger partial charge in [0.2, 0.25) is 0 Å². The van der Waals surface area contributed by atoms with Crippen LogP contribution in [0.25, 0.3) is 0 Å². The average molecular weight is 235 g/mol. The van der Waals surface area contributed by atoms with Crippen LogP contribution in [0.3, 0.4) is 0 Å². The number of nitrogens with one attached hydrogen (secondary N) is 1. The van der Waals surface area contributed by atoms with Crippen molar-refractivity contribution in [2.24, 2.45) is 5.92 Å². The van der Waals surface area contributed by atoms with Crippen molar-refractivity contribution in [1.82, 2.24) is 14.9 Å². The van der Waals surface area contributed by atoms with E-state index in [-0.39, 0.29) is 0 Å². The molecule has 4 heteroatoms. The van der Waals surface area contributed by atoms with Crippen LogP contribution in [0.5, 0.6) is 0 Å². The number of nitrogens with zero attached hydrogens (tertiary/aromatic N) is 2. The molecule has 17 heavy (non-hydrogen) atoms. The summed E-state index contributed by atoms with van der Waals surface area (Å²) in [6.45, 7) is 5.14. The summed E-state index contributed by atoms with van der Waals surface area (Å²) in [6, 6.07) is 0. The van der Waals surface area contributed by atoms with Crippen molar-refractivity contribution in [3.05, 3.63) is 18.2 Å². The minimum Gasteiger partial charge on any atom is -0.335 e. The summed E-state index contributed by atoms with van der Waals surface area (Å²) in [5.74, 6) is 1.92.